The van der Waals surface area contributed by atoms with E-state index in [9.17, 15) is 21.1 Å². The molecule has 0 aromatic heterocycles. The van der Waals surface area contributed by atoms with Crippen LogP contribution in [0.5, 0.6) is 0 Å². The summed E-state index contributed by atoms with van der Waals surface area (Å²) < 4.78 is 55.4. The van der Waals surface area contributed by atoms with Gasteiger partial charge in [-0.25, -0.2) is 8.78 Å². The van der Waals surface area contributed by atoms with Gasteiger partial charge in [0.05, 0.1) is 0 Å². The zero-order valence-corrected chi connectivity index (χ0v) is 5.67. The summed E-state index contributed by atoms with van der Waals surface area (Å²) in [7, 11) is -4.72. The van der Waals surface area contributed by atoms with Crippen LogP contribution in [-0.4, -0.2) is 19.6 Å². The van der Waals surface area contributed by atoms with E-state index >= 15 is 0 Å². The molecular formula is C4H5F3O2S. The molecule has 0 bridgehead atoms. The molecular weight excluding hydrogens is 169 g/mol. The van der Waals surface area contributed by atoms with E-state index in [4.69, 9.17) is 0 Å². The molecule has 1 fully saturated rings. The number of halogens is 3. The first kappa shape index (κ1) is 7.84. The monoisotopic (exact) mass is 174 g/mol. The first-order chi connectivity index (χ1) is 4.31. The summed E-state index contributed by atoms with van der Waals surface area (Å²) in [6.07, 6.45) is -1.74. The van der Waals surface area contributed by atoms with E-state index in [0.717, 1.165) is 0 Å². The fraction of sp³-hybridized carbons (Fsp3) is 1.00. The fourth-order valence-corrected chi connectivity index (χ4v) is 1.69. The summed E-state index contributed by atoms with van der Waals surface area (Å²) >= 11 is 0. The summed E-state index contributed by atoms with van der Waals surface area (Å²) in [5.74, 6) is -2.97. The molecule has 0 saturated heterocycles. The van der Waals surface area contributed by atoms with Crippen LogP contribution >= 0.6 is 0 Å². The summed E-state index contributed by atoms with van der Waals surface area (Å²) in [6, 6.07) is 0. The van der Waals surface area contributed by atoms with Crippen LogP contribution in [0.25, 0.3) is 0 Å². The van der Waals surface area contributed by atoms with E-state index in [0.29, 0.717) is 0 Å². The zero-order valence-electron chi connectivity index (χ0n) is 4.85. The van der Waals surface area contributed by atoms with Gasteiger partial charge >= 0.3 is 10.2 Å². The van der Waals surface area contributed by atoms with Crippen molar-refractivity contribution in [2.75, 3.05) is 0 Å². The third kappa shape index (κ3) is 1.42. The second kappa shape index (κ2) is 1.87. The van der Waals surface area contributed by atoms with Gasteiger partial charge in [-0.3, -0.25) is 0 Å². The van der Waals surface area contributed by atoms with Crippen molar-refractivity contribution in [2.45, 2.75) is 24.0 Å². The molecule has 0 aromatic rings. The summed E-state index contributed by atoms with van der Waals surface area (Å²) in [5, 5.41) is -1.47. The van der Waals surface area contributed by atoms with Crippen LogP contribution in [0.15, 0.2) is 0 Å². The molecule has 0 aliphatic heterocycles. The number of hydrogen-bond donors (Lipinski definition) is 0. The average Bonchev–Trinajstić information content (AvgIpc) is 1.56. The minimum absolute atomic E-state index is 0.869. The Hall–Kier alpha value is -0.260. The van der Waals surface area contributed by atoms with Crippen molar-refractivity contribution in [3.8, 4) is 0 Å². The fourth-order valence-electron chi connectivity index (χ4n) is 0.805. The van der Waals surface area contributed by atoms with E-state index in [2.05, 4.69) is 0 Å². The highest BCUT2D eigenvalue weighted by Crippen LogP contribution is 2.41. The second-order valence-electron chi connectivity index (χ2n) is 2.36. The van der Waals surface area contributed by atoms with E-state index in [-0.39, 0.29) is 0 Å². The predicted molar refractivity (Wildman–Crippen MR) is 28.0 cm³/mol. The van der Waals surface area contributed by atoms with E-state index in [1.54, 1.807) is 0 Å². The van der Waals surface area contributed by atoms with Crippen molar-refractivity contribution in [1.82, 2.24) is 0 Å². The van der Waals surface area contributed by atoms with Crippen LogP contribution in [0, 0.1) is 0 Å². The first-order valence-electron chi connectivity index (χ1n) is 2.62. The Morgan fingerprint density at radius 2 is 1.70 bits per heavy atom. The third-order valence-electron chi connectivity index (χ3n) is 1.45. The SMILES string of the molecule is O=S(=O)(F)C1CC(F)(F)C1. The molecule has 0 radical (unpaired) electrons. The Morgan fingerprint density at radius 3 is 1.80 bits per heavy atom. The molecule has 0 amide bonds. The van der Waals surface area contributed by atoms with Crippen molar-refractivity contribution in [3.05, 3.63) is 0 Å². The molecule has 0 spiro atoms. The van der Waals surface area contributed by atoms with Crippen LogP contribution < -0.4 is 0 Å². The lowest BCUT2D eigenvalue weighted by atomic mass is 9.94. The lowest BCUT2D eigenvalue weighted by Gasteiger charge is -2.31. The third-order valence-corrected chi connectivity index (χ3v) is 2.58. The van der Waals surface area contributed by atoms with Gasteiger partial charge in [0.2, 0.25) is 0 Å². The Balaban J connectivity index is 2.57. The van der Waals surface area contributed by atoms with E-state index in [1.165, 1.54) is 0 Å². The second-order valence-corrected chi connectivity index (χ2v) is 3.98. The van der Waals surface area contributed by atoms with Crippen LogP contribution in [0.1, 0.15) is 12.8 Å². The van der Waals surface area contributed by atoms with Gasteiger partial charge in [0.1, 0.15) is 5.25 Å². The van der Waals surface area contributed by atoms with Gasteiger partial charge < -0.3 is 0 Å². The highest BCUT2D eigenvalue weighted by molar-refractivity contribution is 7.87. The minimum Gasteiger partial charge on any atom is -0.207 e. The van der Waals surface area contributed by atoms with Gasteiger partial charge in [-0.05, 0) is 0 Å². The Bertz CT molecular complexity index is 225. The topological polar surface area (TPSA) is 34.1 Å². The first-order valence-corrected chi connectivity index (χ1v) is 4.07. The average molecular weight is 174 g/mol. The van der Waals surface area contributed by atoms with Crippen LogP contribution in [0.2, 0.25) is 0 Å². The van der Waals surface area contributed by atoms with E-state index < -0.39 is 34.2 Å². The van der Waals surface area contributed by atoms with Gasteiger partial charge in [0.15, 0.2) is 0 Å². The highest BCUT2D eigenvalue weighted by atomic mass is 32.3. The van der Waals surface area contributed by atoms with Crippen molar-refractivity contribution in [1.29, 1.82) is 0 Å². The Kier molecular flexibility index (Phi) is 1.47. The minimum atomic E-state index is -4.72. The Morgan fingerprint density at radius 1 is 1.30 bits per heavy atom. The van der Waals surface area contributed by atoms with Gasteiger partial charge in [-0.2, -0.15) is 8.42 Å². The summed E-state index contributed by atoms with van der Waals surface area (Å²) in [4.78, 5) is 0. The lowest BCUT2D eigenvalue weighted by Crippen LogP contribution is -2.43. The molecule has 60 valence electrons. The quantitative estimate of drug-likeness (QED) is 0.557. The van der Waals surface area contributed by atoms with Gasteiger partial charge in [-0.15, -0.1) is 3.89 Å². The molecule has 1 aliphatic carbocycles. The van der Waals surface area contributed by atoms with Crippen LogP contribution in [-0.2, 0) is 10.2 Å². The van der Waals surface area contributed by atoms with Gasteiger partial charge in [0, 0.05) is 12.8 Å². The number of rotatable bonds is 1. The highest BCUT2D eigenvalue weighted by Gasteiger charge is 2.51. The lowest BCUT2D eigenvalue weighted by molar-refractivity contribution is -0.0693. The molecule has 0 unspecified atom stereocenters. The molecule has 1 aliphatic rings. The van der Waals surface area contributed by atoms with Crippen molar-refractivity contribution >= 4 is 10.2 Å². The van der Waals surface area contributed by atoms with Crippen LogP contribution in [0.4, 0.5) is 12.7 Å². The molecule has 0 atom stereocenters. The van der Waals surface area contributed by atoms with E-state index in [1.807, 2.05) is 0 Å². The molecule has 6 heteroatoms. The largest absolute Gasteiger partial charge is 0.305 e. The molecule has 0 aromatic carbocycles. The van der Waals surface area contributed by atoms with Crippen molar-refractivity contribution in [3.63, 3.8) is 0 Å². The van der Waals surface area contributed by atoms with Crippen molar-refractivity contribution in [2.24, 2.45) is 0 Å². The number of hydrogen-bond acceptors (Lipinski definition) is 2. The normalized spacial score (nSPS) is 25.9. The molecule has 10 heavy (non-hydrogen) atoms. The van der Waals surface area contributed by atoms with Gasteiger partial charge in [0.25, 0.3) is 5.92 Å². The maximum absolute atomic E-state index is 11.9. The number of alkyl halides is 2. The summed E-state index contributed by atoms with van der Waals surface area (Å²) in [5.41, 5.74) is 0. The summed E-state index contributed by atoms with van der Waals surface area (Å²) in [6.45, 7) is 0. The molecule has 1 rings (SSSR count). The molecule has 1 saturated carbocycles. The maximum Gasteiger partial charge on any atom is 0.305 e. The molecule has 0 heterocycles. The Labute approximate surface area is 56.2 Å². The molecule has 0 N–H and O–H groups in total. The predicted octanol–water partition coefficient (Wildman–Crippen LogP) is 1.08. The zero-order chi connectivity index (χ0) is 7.99. The van der Waals surface area contributed by atoms with Gasteiger partial charge in [-0.1, -0.05) is 0 Å². The van der Waals surface area contributed by atoms with Crippen molar-refractivity contribution < 1.29 is 21.1 Å². The smallest absolute Gasteiger partial charge is 0.207 e. The molecule has 2 nitrogen and oxygen atoms in total. The van der Waals surface area contributed by atoms with Crippen LogP contribution in [0.3, 0.4) is 0 Å². The maximum atomic E-state index is 11.9. The standard InChI is InChI=1S/C4H5F3O2S/c5-4(6)1-3(2-4)10(7,8)9/h3H,1-2H2.